The van der Waals surface area contributed by atoms with Crippen molar-refractivity contribution in [2.45, 2.75) is 53.0 Å². The van der Waals surface area contributed by atoms with E-state index in [1.54, 1.807) is 0 Å². The van der Waals surface area contributed by atoms with Crippen LogP contribution < -0.4 is 5.32 Å². The summed E-state index contributed by atoms with van der Waals surface area (Å²) in [5.41, 5.74) is 5.12. The van der Waals surface area contributed by atoms with Gasteiger partial charge in [-0.3, -0.25) is 0 Å². The molecule has 2 heterocycles. The number of aryl methyl sites for hydroxylation is 4. The van der Waals surface area contributed by atoms with Crippen LogP contribution in [0.1, 0.15) is 54.0 Å². The second-order valence-electron chi connectivity index (χ2n) is 6.62. The maximum Gasteiger partial charge on any atom is 0.322 e. The first-order valence-corrected chi connectivity index (χ1v) is 8.60. The van der Waals surface area contributed by atoms with E-state index in [1.807, 2.05) is 37.8 Å². The van der Waals surface area contributed by atoms with Crippen LogP contribution in [-0.4, -0.2) is 22.6 Å². The molecule has 2 aromatic rings. The van der Waals surface area contributed by atoms with Crippen molar-refractivity contribution < 1.29 is 9.32 Å². The first kappa shape index (κ1) is 16.6. The number of rotatable bonds is 3. The van der Waals surface area contributed by atoms with Crippen molar-refractivity contribution in [2.75, 3.05) is 11.9 Å². The Labute approximate surface area is 143 Å². The van der Waals surface area contributed by atoms with Crippen molar-refractivity contribution in [2.24, 2.45) is 0 Å². The number of hydrogen-bond donors (Lipinski definition) is 1. The van der Waals surface area contributed by atoms with Crippen LogP contribution >= 0.6 is 0 Å². The van der Waals surface area contributed by atoms with Crippen LogP contribution in [0.4, 0.5) is 10.5 Å². The smallest absolute Gasteiger partial charge is 0.322 e. The molecule has 5 heteroatoms. The molecular formula is C19H25N3O2. The third-order valence-corrected chi connectivity index (χ3v) is 4.62. The van der Waals surface area contributed by atoms with Gasteiger partial charge >= 0.3 is 6.03 Å². The predicted molar refractivity (Wildman–Crippen MR) is 94.2 cm³/mol. The Balaban J connectivity index is 1.82. The summed E-state index contributed by atoms with van der Waals surface area (Å²) in [7, 11) is 0. The van der Waals surface area contributed by atoms with Gasteiger partial charge in [0, 0.05) is 24.2 Å². The highest BCUT2D eigenvalue weighted by Gasteiger charge is 2.34. The van der Waals surface area contributed by atoms with Gasteiger partial charge in [0.1, 0.15) is 5.76 Å². The Morgan fingerprint density at radius 3 is 2.67 bits per heavy atom. The second-order valence-corrected chi connectivity index (χ2v) is 6.62. The lowest BCUT2D eigenvalue weighted by molar-refractivity contribution is 0.206. The number of nitrogens with zero attached hydrogens (tertiary/aromatic N) is 2. The molecule has 0 aliphatic carbocycles. The molecule has 128 valence electrons. The van der Waals surface area contributed by atoms with Crippen molar-refractivity contribution in [1.82, 2.24) is 10.1 Å². The van der Waals surface area contributed by atoms with E-state index in [-0.39, 0.29) is 12.1 Å². The molecule has 1 atom stereocenters. The van der Waals surface area contributed by atoms with Crippen LogP contribution in [0.15, 0.2) is 22.7 Å². The molecule has 0 spiro atoms. The first-order chi connectivity index (χ1) is 11.5. The van der Waals surface area contributed by atoms with E-state index >= 15 is 0 Å². The number of benzene rings is 1. The predicted octanol–water partition coefficient (Wildman–Crippen LogP) is 4.53. The number of aromatic nitrogens is 1. The van der Waals surface area contributed by atoms with Gasteiger partial charge in [0.15, 0.2) is 0 Å². The average Bonchev–Trinajstić information content (AvgIpc) is 3.11. The zero-order chi connectivity index (χ0) is 17.3. The van der Waals surface area contributed by atoms with Gasteiger partial charge in [-0.1, -0.05) is 18.1 Å². The molecule has 0 saturated carbocycles. The SMILES string of the molecule is CCc1onc(C)c1C1CCCN1C(=O)Nc1cc(C)cc(C)c1. The molecule has 1 aromatic carbocycles. The fourth-order valence-corrected chi connectivity index (χ4v) is 3.66. The van der Waals surface area contributed by atoms with Crippen molar-refractivity contribution in [3.05, 3.63) is 46.3 Å². The minimum absolute atomic E-state index is 0.0508. The topological polar surface area (TPSA) is 58.4 Å². The lowest BCUT2D eigenvalue weighted by Gasteiger charge is -2.25. The molecule has 1 aliphatic rings. The number of anilines is 1. The number of carbonyl (C=O) groups excluding carboxylic acids is 1. The minimum atomic E-state index is -0.0508. The third kappa shape index (κ3) is 3.16. The zero-order valence-corrected chi connectivity index (χ0v) is 14.8. The first-order valence-electron chi connectivity index (χ1n) is 8.60. The van der Waals surface area contributed by atoms with E-state index in [9.17, 15) is 4.79 Å². The summed E-state index contributed by atoms with van der Waals surface area (Å²) in [5.74, 6) is 0.892. The molecular weight excluding hydrogens is 302 g/mol. The third-order valence-electron chi connectivity index (χ3n) is 4.62. The second kappa shape index (κ2) is 6.67. The maximum absolute atomic E-state index is 12.8. The van der Waals surface area contributed by atoms with Crippen LogP contribution in [0, 0.1) is 20.8 Å². The molecule has 0 bridgehead atoms. The fraction of sp³-hybridized carbons (Fsp3) is 0.474. The van der Waals surface area contributed by atoms with Gasteiger partial charge in [-0.15, -0.1) is 0 Å². The Morgan fingerprint density at radius 1 is 1.29 bits per heavy atom. The molecule has 1 N–H and O–H groups in total. The van der Waals surface area contributed by atoms with Gasteiger partial charge in [-0.05, 0) is 56.9 Å². The summed E-state index contributed by atoms with van der Waals surface area (Å²) in [5, 5.41) is 7.15. The largest absolute Gasteiger partial charge is 0.361 e. The number of carbonyl (C=O) groups is 1. The molecule has 1 saturated heterocycles. The van der Waals surface area contributed by atoms with Crippen molar-refractivity contribution in [3.8, 4) is 0 Å². The van der Waals surface area contributed by atoms with E-state index in [0.717, 1.165) is 59.6 Å². The fourth-order valence-electron chi connectivity index (χ4n) is 3.66. The highest BCUT2D eigenvalue weighted by atomic mass is 16.5. The normalized spacial score (nSPS) is 17.3. The Hall–Kier alpha value is -2.30. The number of nitrogens with one attached hydrogen (secondary N) is 1. The van der Waals surface area contributed by atoms with Crippen LogP contribution in [0.5, 0.6) is 0 Å². The van der Waals surface area contributed by atoms with E-state index in [1.165, 1.54) is 0 Å². The molecule has 3 rings (SSSR count). The highest BCUT2D eigenvalue weighted by molar-refractivity contribution is 5.90. The van der Waals surface area contributed by atoms with Gasteiger partial charge in [0.2, 0.25) is 0 Å². The molecule has 1 aliphatic heterocycles. The quantitative estimate of drug-likeness (QED) is 0.901. The zero-order valence-electron chi connectivity index (χ0n) is 14.8. The van der Waals surface area contributed by atoms with E-state index < -0.39 is 0 Å². The molecule has 24 heavy (non-hydrogen) atoms. The number of likely N-dealkylation sites (tertiary alicyclic amines) is 1. The molecule has 1 unspecified atom stereocenters. The van der Waals surface area contributed by atoms with Crippen LogP contribution in [0.3, 0.4) is 0 Å². The Bertz CT molecular complexity index is 731. The summed E-state index contributed by atoms with van der Waals surface area (Å²) in [6, 6.07) is 6.10. The lowest BCUT2D eigenvalue weighted by atomic mass is 10.0. The standard InChI is InChI=1S/C19H25N3O2/c1-5-17-18(14(4)21-24-17)16-7-6-8-22(16)19(23)20-15-10-12(2)9-13(3)11-15/h9-11,16H,5-8H2,1-4H3,(H,20,23). The number of urea groups is 1. The van der Waals surface area contributed by atoms with Gasteiger partial charge < -0.3 is 14.7 Å². The summed E-state index contributed by atoms with van der Waals surface area (Å²) < 4.78 is 5.43. The summed E-state index contributed by atoms with van der Waals surface area (Å²) >= 11 is 0. The van der Waals surface area contributed by atoms with E-state index in [2.05, 4.69) is 23.5 Å². The van der Waals surface area contributed by atoms with Gasteiger partial charge in [-0.25, -0.2) is 4.79 Å². The van der Waals surface area contributed by atoms with Crippen molar-refractivity contribution >= 4 is 11.7 Å². The van der Waals surface area contributed by atoms with Gasteiger partial charge in [-0.2, -0.15) is 0 Å². The highest BCUT2D eigenvalue weighted by Crippen LogP contribution is 2.36. The van der Waals surface area contributed by atoms with Gasteiger partial charge in [0.05, 0.1) is 11.7 Å². The summed E-state index contributed by atoms with van der Waals surface area (Å²) in [6.07, 6.45) is 2.74. The maximum atomic E-state index is 12.8. The van der Waals surface area contributed by atoms with E-state index in [4.69, 9.17) is 4.52 Å². The molecule has 2 amide bonds. The number of amides is 2. The molecule has 1 fully saturated rings. The average molecular weight is 327 g/mol. The van der Waals surface area contributed by atoms with Crippen LogP contribution in [0.2, 0.25) is 0 Å². The molecule has 0 radical (unpaired) electrons. The summed E-state index contributed by atoms with van der Waals surface area (Å²) in [4.78, 5) is 14.7. The van der Waals surface area contributed by atoms with Gasteiger partial charge in [0.25, 0.3) is 0 Å². The Kier molecular flexibility index (Phi) is 4.60. The summed E-state index contributed by atoms with van der Waals surface area (Å²) in [6.45, 7) is 8.84. The Morgan fingerprint density at radius 2 is 2.00 bits per heavy atom. The molecule has 1 aromatic heterocycles. The van der Waals surface area contributed by atoms with Crippen molar-refractivity contribution in [1.29, 1.82) is 0 Å². The molecule has 5 nitrogen and oxygen atoms in total. The van der Waals surface area contributed by atoms with Crippen LogP contribution in [0.25, 0.3) is 0 Å². The number of hydrogen-bond acceptors (Lipinski definition) is 3. The van der Waals surface area contributed by atoms with Crippen molar-refractivity contribution in [3.63, 3.8) is 0 Å². The van der Waals surface area contributed by atoms with E-state index in [0.29, 0.717) is 0 Å². The lowest BCUT2D eigenvalue weighted by Crippen LogP contribution is -2.34. The minimum Gasteiger partial charge on any atom is -0.361 e. The van der Waals surface area contributed by atoms with Crippen LogP contribution in [-0.2, 0) is 6.42 Å². The monoisotopic (exact) mass is 327 g/mol.